The Morgan fingerprint density at radius 3 is 2.25 bits per heavy atom. The quantitative estimate of drug-likeness (QED) is 0.505. The summed E-state index contributed by atoms with van der Waals surface area (Å²) in [6.07, 6.45) is 0.530. The molecular formula is C6H11FO. The summed E-state index contributed by atoms with van der Waals surface area (Å²) in [5.41, 5.74) is 0. The lowest BCUT2D eigenvalue weighted by Gasteiger charge is -2.06. The van der Waals surface area contributed by atoms with Crippen molar-refractivity contribution in [3.63, 3.8) is 0 Å². The second-order valence-corrected chi connectivity index (χ2v) is 1.89. The molecule has 0 aliphatic carbocycles. The van der Waals surface area contributed by atoms with E-state index in [0.717, 1.165) is 0 Å². The van der Waals surface area contributed by atoms with E-state index >= 15 is 0 Å². The molecular weight excluding hydrogens is 107 g/mol. The van der Waals surface area contributed by atoms with Crippen LogP contribution in [0, 0.1) is 0 Å². The molecule has 0 saturated heterocycles. The Hall–Kier alpha value is -0.530. The van der Waals surface area contributed by atoms with E-state index in [1.165, 1.54) is 0 Å². The third kappa shape index (κ3) is 3.65. The van der Waals surface area contributed by atoms with Crippen molar-refractivity contribution >= 4 is 0 Å². The summed E-state index contributed by atoms with van der Waals surface area (Å²) in [7, 11) is 0. The fourth-order valence-electron chi connectivity index (χ4n) is 0.398. The molecule has 0 rings (SSSR count). The second kappa shape index (κ2) is 3.47. The van der Waals surface area contributed by atoms with Gasteiger partial charge in [0.1, 0.15) is 12.1 Å². The van der Waals surface area contributed by atoms with Crippen molar-refractivity contribution in [2.75, 3.05) is 0 Å². The number of allylic oxidation sites excluding steroid dienone is 1. The first-order valence-electron chi connectivity index (χ1n) is 2.60. The smallest absolute Gasteiger partial charge is 0.124 e. The molecule has 0 radical (unpaired) electrons. The van der Waals surface area contributed by atoms with E-state index in [1.807, 2.05) is 13.8 Å². The minimum absolute atomic E-state index is 0.0713. The van der Waals surface area contributed by atoms with Gasteiger partial charge in [0.05, 0.1) is 6.10 Å². The standard InChI is InChI=1S/C6H11FO/c1-5(2)8-6(3)4-7/h4-5H,1-3H3/b6-4+. The van der Waals surface area contributed by atoms with E-state index < -0.39 is 0 Å². The maximum Gasteiger partial charge on any atom is 0.124 e. The lowest BCUT2D eigenvalue weighted by molar-refractivity contribution is 0.145. The van der Waals surface area contributed by atoms with E-state index in [0.29, 0.717) is 12.1 Å². The van der Waals surface area contributed by atoms with Crippen LogP contribution in [0.25, 0.3) is 0 Å². The van der Waals surface area contributed by atoms with Gasteiger partial charge in [0.2, 0.25) is 0 Å². The van der Waals surface area contributed by atoms with Crippen LogP contribution >= 0.6 is 0 Å². The Morgan fingerprint density at radius 1 is 1.62 bits per heavy atom. The van der Waals surface area contributed by atoms with Crippen molar-refractivity contribution in [2.45, 2.75) is 26.9 Å². The maximum atomic E-state index is 11.5. The fraction of sp³-hybridized carbons (Fsp3) is 0.667. The van der Waals surface area contributed by atoms with Crippen LogP contribution in [-0.2, 0) is 4.74 Å². The summed E-state index contributed by atoms with van der Waals surface area (Å²) in [6, 6.07) is 0. The average molecular weight is 118 g/mol. The Labute approximate surface area is 49.2 Å². The molecule has 0 atom stereocenters. The molecule has 0 amide bonds. The number of halogens is 1. The fourth-order valence-corrected chi connectivity index (χ4v) is 0.398. The maximum absolute atomic E-state index is 11.5. The van der Waals surface area contributed by atoms with Crippen molar-refractivity contribution in [3.05, 3.63) is 12.1 Å². The molecule has 2 heteroatoms. The highest BCUT2D eigenvalue weighted by Gasteiger charge is 1.91. The largest absolute Gasteiger partial charge is 0.493 e. The van der Waals surface area contributed by atoms with Gasteiger partial charge in [-0.25, -0.2) is 4.39 Å². The number of hydrogen-bond acceptors (Lipinski definition) is 1. The van der Waals surface area contributed by atoms with Gasteiger partial charge >= 0.3 is 0 Å². The Bertz CT molecular complexity index is 86.5. The molecule has 0 unspecified atom stereocenters. The summed E-state index contributed by atoms with van der Waals surface area (Å²) in [5.74, 6) is 0.333. The summed E-state index contributed by atoms with van der Waals surface area (Å²) >= 11 is 0. The zero-order valence-corrected chi connectivity index (χ0v) is 5.44. The van der Waals surface area contributed by atoms with E-state index in [-0.39, 0.29) is 6.10 Å². The molecule has 0 fully saturated rings. The van der Waals surface area contributed by atoms with E-state index in [1.54, 1.807) is 6.92 Å². The molecule has 0 aliphatic rings. The van der Waals surface area contributed by atoms with Gasteiger partial charge in [-0.2, -0.15) is 0 Å². The molecule has 0 heterocycles. The normalized spacial score (nSPS) is 12.4. The van der Waals surface area contributed by atoms with Gasteiger partial charge in [-0.3, -0.25) is 0 Å². The minimum atomic E-state index is 0.0713. The van der Waals surface area contributed by atoms with Crippen molar-refractivity contribution in [1.82, 2.24) is 0 Å². The Morgan fingerprint density at radius 2 is 2.12 bits per heavy atom. The van der Waals surface area contributed by atoms with Crippen molar-refractivity contribution < 1.29 is 9.13 Å². The SMILES string of the molecule is C/C(=C\F)OC(C)C. The molecule has 0 aromatic rings. The summed E-state index contributed by atoms with van der Waals surface area (Å²) in [6.45, 7) is 5.29. The lowest BCUT2D eigenvalue weighted by Crippen LogP contribution is -1.98. The van der Waals surface area contributed by atoms with Crippen LogP contribution in [0.15, 0.2) is 12.1 Å². The average Bonchev–Trinajstić information content (AvgIpc) is 1.65. The molecule has 0 spiro atoms. The predicted octanol–water partition coefficient (Wildman–Crippen LogP) is 2.24. The van der Waals surface area contributed by atoms with Crippen LogP contribution in [0.3, 0.4) is 0 Å². The molecule has 1 nitrogen and oxygen atoms in total. The van der Waals surface area contributed by atoms with Crippen LogP contribution in [0.1, 0.15) is 20.8 Å². The van der Waals surface area contributed by atoms with Gasteiger partial charge in [0.15, 0.2) is 0 Å². The highest BCUT2D eigenvalue weighted by molar-refractivity contribution is 4.80. The molecule has 0 aliphatic heterocycles. The van der Waals surface area contributed by atoms with Crippen LogP contribution in [0.5, 0.6) is 0 Å². The third-order valence-electron chi connectivity index (χ3n) is 0.575. The van der Waals surface area contributed by atoms with Crippen LogP contribution < -0.4 is 0 Å². The van der Waals surface area contributed by atoms with Gasteiger partial charge in [-0.15, -0.1) is 0 Å². The number of hydrogen-bond donors (Lipinski definition) is 0. The monoisotopic (exact) mass is 118 g/mol. The molecule has 48 valence electrons. The first kappa shape index (κ1) is 7.47. The van der Waals surface area contributed by atoms with Gasteiger partial charge in [0.25, 0.3) is 0 Å². The Balaban J connectivity index is 3.39. The highest BCUT2D eigenvalue weighted by atomic mass is 19.1. The summed E-state index contributed by atoms with van der Waals surface area (Å²) < 4.78 is 16.3. The van der Waals surface area contributed by atoms with E-state index in [9.17, 15) is 4.39 Å². The predicted molar refractivity (Wildman–Crippen MR) is 31.1 cm³/mol. The highest BCUT2D eigenvalue weighted by Crippen LogP contribution is 1.99. The number of ether oxygens (including phenoxy) is 1. The summed E-state index contributed by atoms with van der Waals surface area (Å²) in [4.78, 5) is 0. The topological polar surface area (TPSA) is 9.23 Å². The minimum Gasteiger partial charge on any atom is -0.493 e. The lowest BCUT2D eigenvalue weighted by atomic mass is 10.5. The van der Waals surface area contributed by atoms with Crippen molar-refractivity contribution in [3.8, 4) is 0 Å². The van der Waals surface area contributed by atoms with E-state index in [4.69, 9.17) is 4.74 Å². The summed E-state index contributed by atoms with van der Waals surface area (Å²) in [5, 5.41) is 0. The van der Waals surface area contributed by atoms with Crippen LogP contribution in [0.2, 0.25) is 0 Å². The zero-order chi connectivity index (χ0) is 6.57. The van der Waals surface area contributed by atoms with E-state index in [2.05, 4.69) is 0 Å². The van der Waals surface area contributed by atoms with Gasteiger partial charge in [0, 0.05) is 0 Å². The molecule has 8 heavy (non-hydrogen) atoms. The second-order valence-electron chi connectivity index (χ2n) is 1.89. The van der Waals surface area contributed by atoms with Gasteiger partial charge in [-0.1, -0.05) is 0 Å². The third-order valence-corrected chi connectivity index (χ3v) is 0.575. The van der Waals surface area contributed by atoms with Crippen molar-refractivity contribution in [1.29, 1.82) is 0 Å². The molecule has 0 N–H and O–H groups in total. The molecule has 0 aromatic heterocycles. The van der Waals surface area contributed by atoms with Crippen molar-refractivity contribution in [2.24, 2.45) is 0 Å². The molecule has 0 bridgehead atoms. The first-order chi connectivity index (χ1) is 3.66. The molecule has 0 aromatic carbocycles. The first-order valence-corrected chi connectivity index (χ1v) is 2.60. The van der Waals surface area contributed by atoms with Crippen LogP contribution in [-0.4, -0.2) is 6.10 Å². The molecule has 0 saturated carbocycles. The van der Waals surface area contributed by atoms with Crippen LogP contribution in [0.4, 0.5) is 4.39 Å². The van der Waals surface area contributed by atoms with Gasteiger partial charge < -0.3 is 4.74 Å². The number of rotatable bonds is 2. The zero-order valence-electron chi connectivity index (χ0n) is 5.44. The Kier molecular flexibility index (Phi) is 3.24. The van der Waals surface area contributed by atoms with Gasteiger partial charge in [-0.05, 0) is 20.8 Å².